The van der Waals surface area contributed by atoms with Gasteiger partial charge in [0.2, 0.25) is 0 Å². The molecule has 8 heteroatoms. The highest BCUT2D eigenvalue weighted by Crippen LogP contribution is 2.43. The largest absolute Gasteiger partial charge is 0.396 e. The predicted octanol–water partition coefficient (Wildman–Crippen LogP) is 3.09. The average molecular weight is 448 g/mol. The van der Waals surface area contributed by atoms with E-state index in [0.29, 0.717) is 11.3 Å². The zero-order chi connectivity index (χ0) is 21.3. The van der Waals surface area contributed by atoms with Crippen LogP contribution in [0.25, 0.3) is 10.8 Å². The molecule has 4 rings (SSSR count). The van der Waals surface area contributed by atoms with Crippen LogP contribution >= 0.6 is 10.7 Å². The van der Waals surface area contributed by atoms with E-state index < -0.39 is 10.0 Å². The van der Waals surface area contributed by atoms with Crippen molar-refractivity contribution in [2.75, 3.05) is 29.9 Å². The highest BCUT2D eigenvalue weighted by molar-refractivity contribution is 8.14. The maximum atomic E-state index is 13.3. The van der Waals surface area contributed by atoms with Gasteiger partial charge in [-0.1, -0.05) is 25.1 Å². The summed E-state index contributed by atoms with van der Waals surface area (Å²) in [5, 5.41) is 14.5. The molecule has 0 aliphatic carbocycles. The van der Waals surface area contributed by atoms with E-state index in [1.165, 1.54) is 9.17 Å². The lowest BCUT2D eigenvalue weighted by Gasteiger charge is -2.24. The molecule has 2 aromatic carbocycles. The van der Waals surface area contributed by atoms with Crippen LogP contribution < -0.4 is 14.3 Å². The Morgan fingerprint density at radius 1 is 1.27 bits per heavy atom. The van der Waals surface area contributed by atoms with Crippen LogP contribution in [-0.4, -0.2) is 44.0 Å². The topological polar surface area (TPSA) is 81.7 Å². The molecule has 0 saturated heterocycles. The molecular weight excluding hydrogens is 418 g/mol. The minimum Gasteiger partial charge on any atom is -0.396 e. The maximum Gasteiger partial charge on any atom is 0.266 e. The molecule has 2 aromatic rings. The van der Waals surface area contributed by atoms with Crippen molar-refractivity contribution in [3.63, 3.8) is 0 Å². The van der Waals surface area contributed by atoms with Gasteiger partial charge in [0, 0.05) is 30.0 Å². The third-order valence-corrected chi connectivity index (χ3v) is 9.66. The number of rotatable bonds is 6. The summed E-state index contributed by atoms with van der Waals surface area (Å²) in [5.41, 5.74) is 2.85. The summed E-state index contributed by atoms with van der Waals surface area (Å²) in [4.78, 5) is 1.68. The number of hydrogen-bond donors (Lipinski definition) is 3. The molecule has 1 atom stereocenters. The fourth-order valence-electron chi connectivity index (χ4n) is 4.17. The number of sulfonamides is 1. The molecule has 2 aliphatic rings. The second kappa shape index (κ2) is 8.70. The zero-order valence-electron chi connectivity index (χ0n) is 17.4. The second-order valence-electron chi connectivity index (χ2n) is 7.57. The standard InChI is InChI=1S/C22H29N3O3S2/c1-3-18-14-16(2)23-11-5-13-29(18)24-15-25-20-9-8-17(10-12-26)19-6-4-7-21(22(19)20)30(25,27)28/h4,6-9,14,23-24,26H,3,5,10-13,15H2,1-2H3/b16-14-. The van der Waals surface area contributed by atoms with Crippen LogP contribution in [0.5, 0.6) is 0 Å². The van der Waals surface area contributed by atoms with E-state index in [1.54, 1.807) is 12.1 Å². The lowest BCUT2D eigenvalue weighted by molar-refractivity contribution is 0.300. The van der Waals surface area contributed by atoms with Crippen LogP contribution in [0.1, 0.15) is 32.3 Å². The summed E-state index contributed by atoms with van der Waals surface area (Å²) >= 11 is 0. The molecule has 1 unspecified atom stereocenters. The summed E-state index contributed by atoms with van der Waals surface area (Å²) < 4.78 is 31.7. The average Bonchev–Trinajstić information content (AvgIpc) is 2.94. The minimum atomic E-state index is -3.61. The van der Waals surface area contributed by atoms with Gasteiger partial charge in [0.25, 0.3) is 10.0 Å². The molecule has 0 fully saturated rings. The van der Waals surface area contributed by atoms with Gasteiger partial charge in [-0.05, 0) is 60.2 Å². The van der Waals surface area contributed by atoms with E-state index >= 15 is 0 Å². The molecule has 2 aliphatic heterocycles. The van der Waals surface area contributed by atoms with E-state index in [0.717, 1.165) is 52.9 Å². The van der Waals surface area contributed by atoms with Crippen molar-refractivity contribution in [1.29, 1.82) is 0 Å². The number of aliphatic hydroxyl groups is 1. The molecule has 0 radical (unpaired) electrons. The Balaban J connectivity index is 1.71. The van der Waals surface area contributed by atoms with Gasteiger partial charge in [-0.15, -0.1) is 10.7 Å². The molecule has 0 bridgehead atoms. The number of benzene rings is 2. The summed E-state index contributed by atoms with van der Waals surface area (Å²) in [5.74, 6) is 0.992. The monoisotopic (exact) mass is 447 g/mol. The maximum absolute atomic E-state index is 13.3. The van der Waals surface area contributed by atoms with E-state index in [2.05, 4.69) is 30.0 Å². The second-order valence-corrected chi connectivity index (χ2v) is 11.4. The van der Waals surface area contributed by atoms with Crippen LogP contribution in [0.4, 0.5) is 5.69 Å². The third kappa shape index (κ3) is 3.77. The lowest BCUT2D eigenvalue weighted by atomic mass is 10.0. The smallest absolute Gasteiger partial charge is 0.266 e. The van der Waals surface area contributed by atoms with Crippen LogP contribution in [-0.2, 0) is 16.4 Å². The third-order valence-electron chi connectivity index (χ3n) is 5.64. The number of nitrogens with zero attached hydrogens (tertiary/aromatic N) is 1. The van der Waals surface area contributed by atoms with E-state index in [4.69, 9.17) is 0 Å². The van der Waals surface area contributed by atoms with Gasteiger partial charge in [0.05, 0.1) is 17.3 Å². The minimum absolute atomic E-state index is 0.0386. The highest BCUT2D eigenvalue weighted by Gasteiger charge is 2.36. The summed E-state index contributed by atoms with van der Waals surface area (Å²) in [7, 11) is -3.78. The first-order valence-corrected chi connectivity index (χ1v) is 13.2. The van der Waals surface area contributed by atoms with Gasteiger partial charge < -0.3 is 10.4 Å². The predicted molar refractivity (Wildman–Crippen MR) is 127 cm³/mol. The SMILES string of the molecule is CCC1=S(\NCN2c3ccc(CCO)c4cccc(c34)S2(=O)=O)CCCN/C(C)=C\1. The Kier molecular flexibility index (Phi) is 6.20. The van der Waals surface area contributed by atoms with E-state index in [-0.39, 0.29) is 23.9 Å². The Morgan fingerprint density at radius 3 is 2.87 bits per heavy atom. The van der Waals surface area contributed by atoms with Gasteiger partial charge in [0.15, 0.2) is 0 Å². The molecule has 3 N–H and O–H groups in total. The van der Waals surface area contributed by atoms with Crippen molar-refractivity contribution in [1.82, 2.24) is 10.0 Å². The quantitative estimate of drug-likeness (QED) is 0.593. The number of allylic oxidation sites excluding steroid dienone is 2. The number of aliphatic hydroxyl groups excluding tert-OH is 1. The van der Waals surface area contributed by atoms with Gasteiger partial charge in [-0.3, -0.25) is 4.31 Å². The number of anilines is 1. The van der Waals surface area contributed by atoms with Crippen molar-refractivity contribution in [3.05, 3.63) is 47.7 Å². The van der Waals surface area contributed by atoms with Crippen molar-refractivity contribution in [2.24, 2.45) is 0 Å². The van der Waals surface area contributed by atoms with E-state index in [1.807, 2.05) is 18.2 Å². The van der Waals surface area contributed by atoms with Gasteiger partial charge >= 0.3 is 0 Å². The zero-order valence-corrected chi connectivity index (χ0v) is 19.1. The normalized spacial score (nSPS) is 23.6. The summed E-state index contributed by atoms with van der Waals surface area (Å²) in [6.07, 6.45) is 4.68. The molecule has 0 saturated carbocycles. The van der Waals surface area contributed by atoms with Crippen molar-refractivity contribution < 1.29 is 13.5 Å². The number of nitrogens with one attached hydrogen (secondary N) is 2. The Bertz CT molecular complexity index is 1140. The van der Waals surface area contributed by atoms with Crippen LogP contribution in [0.3, 0.4) is 0 Å². The first-order chi connectivity index (χ1) is 14.5. The fourth-order valence-corrected chi connectivity index (χ4v) is 7.83. The van der Waals surface area contributed by atoms with Crippen molar-refractivity contribution in [3.8, 4) is 0 Å². The fraction of sp³-hybridized carbons (Fsp3) is 0.409. The Hall–Kier alpha value is -1.87. The van der Waals surface area contributed by atoms with Crippen LogP contribution in [0, 0.1) is 0 Å². The number of hydrogen-bond acceptors (Lipinski definition) is 5. The molecule has 2 heterocycles. The molecule has 0 spiro atoms. The first-order valence-electron chi connectivity index (χ1n) is 10.4. The Labute approximate surface area is 181 Å². The van der Waals surface area contributed by atoms with Gasteiger partial charge in [-0.25, -0.2) is 13.1 Å². The van der Waals surface area contributed by atoms with Gasteiger partial charge in [-0.2, -0.15) is 0 Å². The summed E-state index contributed by atoms with van der Waals surface area (Å²) in [6, 6.07) is 9.23. The molecule has 162 valence electrons. The summed E-state index contributed by atoms with van der Waals surface area (Å²) in [6.45, 7) is 5.45. The highest BCUT2D eigenvalue weighted by atomic mass is 32.2. The van der Waals surface area contributed by atoms with Gasteiger partial charge in [0.1, 0.15) is 0 Å². The van der Waals surface area contributed by atoms with E-state index in [9.17, 15) is 13.5 Å². The molecule has 6 nitrogen and oxygen atoms in total. The lowest BCUT2D eigenvalue weighted by Crippen LogP contribution is -2.35. The molecule has 0 aromatic heterocycles. The van der Waals surface area contributed by atoms with Crippen LogP contribution in [0.15, 0.2) is 47.0 Å². The first kappa shape index (κ1) is 21.4. The van der Waals surface area contributed by atoms with Crippen molar-refractivity contribution in [2.45, 2.75) is 38.0 Å². The molecular formula is C22H29N3O3S2. The van der Waals surface area contributed by atoms with Crippen LogP contribution in [0.2, 0.25) is 0 Å². The Morgan fingerprint density at radius 2 is 2.10 bits per heavy atom. The molecule has 30 heavy (non-hydrogen) atoms. The van der Waals surface area contributed by atoms with Crippen molar-refractivity contribution >= 4 is 42.0 Å². The molecule has 0 amide bonds.